The third-order valence-electron chi connectivity index (χ3n) is 3.96. The quantitative estimate of drug-likeness (QED) is 0.280. The summed E-state index contributed by atoms with van der Waals surface area (Å²) in [6.45, 7) is 0. The Bertz CT molecular complexity index is 1220. The minimum Gasteiger partial charge on any atom is -0.428 e. The molecule has 0 aliphatic heterocycles. The highest BCUT2D eigenvalue weighted by molar-refractivity contribution is 9.10. The topological polar surface area (TPSA) is 60.2 Å². The van der Waals surface area contributed by atoms with E-state index in [4.69, 9.17) is 4.42 Å². The molecule has 4 nitrogen and oxygen atoms in total. The molecule has 29 heavy (non-hydrogen) atoms. The molecule has 9 heteroatoms. The maximum Gasteiger partial charge on any atom is 0.238 e. The number of benzene rings is 2. The van der Waals surface area contributed by atoms with Crippen molar-refractivity contribution in [3.8, 4) is 10.8 Å². The summed E-state index contributed by atoms with van der Waals surface area (Å²) in [6, 6.07) is 16.1. The van der Waals surface area contributed by atoms with E-state index in [1.54, 1.807) is 24.3 Å². The summed E-state index contributed by atoms with van der Waals surface area (Å²) in [7, 11) is -3.87. The van der Waals surface area contributed by atoms with Gasteiger partial charge in [0.1, 0.15) is 5.82 Å². The summed E-state index contributed by atoms with van der Waals surface area (Å²) >= 11 is 5.94. The second kappa shape index (κ2) is 8.43. The molecule has 4 aromatic rings. The Hall–Kier alpha value is -1.94. The van der Waals surface area contributed by atoms with E-state index < -0.39 is 9.84 Å². The van der Waals surface area contributed by atoms with Crippen molar-refractivity contribution in [2.75, 3.05) is 0 Å². The Balaban J connectivity index is 1.73. The molecule has 0 radical (unpaired) electrons. The van der Waals surface area contributed by atoms with Crippen molar-refractivity contribution in [2.24, 2.45) is 0 Å². The van der Waals surface area contributed by atoms with E-state index in [9.17, 15) is 12.8 Å². The van der Waals surface area contributed by atoms with Crippen LogP contribution >= 0.6 is 39.0 Å². The molecule has 0 aliphatic rings. The van der Waals surface area contributed by atoms with E-state index in [1.165, 1.54) is 47.4 Å². The second-order valence-corrected chi connectivity index (χ2v) is 10.6. The lowest BCUT2D eigenvalue weighted by molar-refractivity contribution is 0.471. The van der Waals surface area contributed by atoms with Gasteiger partial charge in [-0.1, -0.05) is 45.9 Å². The summed E-state index contributed by atoms with van der Waals surface area (Å²) < 4.78 is 46.2. The summed E-state index contributed by atoms with van der Waals surface area (Å²) in [5.41, 5.74) is 0.845. The number of aromatic nitrogens is 1. The van der Waals surface area contributed by atoms with Crippen LogP contribution in [0.15, 0.2) is 89.9 Å². The number of oxazole rings is 1. The van der Waals surface area contributed by atoms with Crippen molar-refractivity contribution in [3.63, 3.8) is 0 Å². The lowest BCUT2D eigenvalue weighted by Gasteiger charge is -2.04. The van der Waals surface area contributed by atoms with Gasteiger partial charge in [0.15, 0.2) is 0 Å². The monoisotopic (exact) mass is 509 g/mol. The number of hydrogen-bond donors (Lipinski definition) is 0. The van der Waals surface area contributed by atoms with Gasteiger partial charge in [-0.2, -0.15) is 4.98 Å². The van der Waals surface area contributed by atoms with Gasteiger partial charge in [0.2, 0.25) is 25.8 Å². The normalized spacial score (nSPS) is 11.7. The molecule has 0 fully saturated rings. The predicted molar refractivity (Wildman–Crippen MR) is 115 cm³/mol. The van der Waals surface area contributed by atoms with Gasteiger partial charge in [-0.25, -0.2) is 12.8 Å². The number of sulfone groups is 1. The molecule has 2 aromatic carbocycles. The van der Waals surface area contributed by atoms with Crippen LogP contribution in [-0.2, 0) is 15.6 Å². The van der Waals surface area contributed by atoms with Gasteiger partial charge < -0.3 is 4.42 Å². The minimum absolute atomic E-state index is 0.115. The number of thioether (sulfide) groups is 1. The highest BCUT2D eigenvalue weighted by Crippen LogP contribution is 2.37. The second-order valence-electron chi connectivity index (χ2n) is 5.96. The zero-order valence-electron chi connectivity index (χ0n) is 14.7. The Morgan fingerprint density at radius 2 is 1.79 bits per heavy atom. The van der Waals surface area contributed by atoms with Crippen molar-refractivity contribution in [3.05, 3.63) is 81.9 Å². The van der Waals surface area contributed by atoms with Crippen molar-refractivity contribution < 1.29 is 17.2 Å². The van der Waals surface area contributed by atoms with Crippen LogP contribution in [0.3, 0.4) is 0 Å². The fraction of sp³-hybridized carbons (Fsp3) is 0.0500. The van der Waals surface area contributed by atoms with Crippen LogP contribution in [0.5, 0.6) is 0 Å². The van der Waals surface area contributed by atoms with Gasteiger partial charge in [-0.05, 0) is 53.4 Å². The molecule has 4 rings (SSSR count). The largest absolute Gasteiger partial charge is 0.428 e. The Labute approximate surface area is 183 Å². The first-order chi connectivity index (χ1) is 13.9. The molecule has 148 valence electrons. The summed E-state index contributed by atoms with van der Waals surface area (Å²) in [4.78, 5) is 5.19. The third-order valence-corrected chi connectivity index (χ3v) is 8.17. The van der Waals surface area contributed by atoms with Crippen LogP contribution in [0.4, 0.5) is 4.39 Å². The fourth-order valence-corrected chi connectivity index (χ4v) is 5.91. The standard InChI is InChI=1S/C20H13BrFNO3S3/c21-14-5-9-16(10-6-14)29(24,25)19-20(26-18(23-19)17-2-1-11-27-17)28-12-13-3-7-15(22)8-4-13/h1-11H,12H2. The van der Waals surface area contributed by atoms with Crippen molar-refractivity contribution in [1.82, 2.24) is 4.98 Å². The van der Waals surface area contributed by atoms with Crippen LogP contribution < -0.4 is 0 Å². The van der Waals surface area contributed by atoms with Gasteiger partial charge in [-0.15, -0.1) is 11.3 Å². The highest BCUT2D eigenvalue weighted by atomic mass is 79.9. The summed E-state index contributed by atoms with van der Waals surface area (Å²) in [6.07, 6.45) is 0. The van der Waals surface area contributed by atoms with Gasteiger partial charge in [-0.3, -0.25) is 0 Å². The molecule has 2 aromatic heterocycles. The maximum absolute atomic E-state index is 13.2. The summed E-state index contributed by atoms with van der Waals surface area (Å²) in [5.74, 6) is 0.358. The van der Waals surface area contributed by atoms with Crippen LogP contribution in [0.25, 0.3) is 10.8 Å². The molecule has 0 spiro atoms. The first kappa shape index (κ1) is 20.3. The molecule has 0 saturated carbocycles. The van der Waals surface area contributed by atoms with E-state index in [0.29, 0.717) is 5.75 Å². The van der Waals surface area contributed by atoms with Crippen LogP contribution in [0.2, 0.25) is 0 Å². The molecule has 0 N–H and O–H groups in total. The first-order valence-electron chi connectivity index (χ1n) is 8.36. The van der Waals surface area contributed by atoms with E-state index in [-0.39, 0.29) is 26.7 Å². The van der Waals surface area contributed by atoms with Crippen molar-refractivity contribution in [2.45, 2.75) is 20.8 Å². The molecule has 2 heterocycles. The first-order valence-corrected chi connectivity index (χ1v) is 12.5. The smallest absolute Gasteiger partial charge is 0.238 e. The molecule has 0 aliphatic carbocycles. The van der Waals surface area contributed by atoms with Crippen molar-refractivity contribution in [1.29, 1.82) is 0 Å². The lowest BCUT2D eigenvalue weighted by Crippen LogP contribution is -2.03. The molecule has 0 amide bonds. The lowest BCUT2D eigenvalue weighted by atomic mass is 10.2. The molecule has 0 bridgehead atoms. The number of hydrogen-bond acceptors (Lipinski definition) is 6. The molecule has 0 unspecified atom stereocenters. The molecular formula is C20H13BrFNO3S3. The van der Waals surface area contributed by atoms with E-state index in [2.05, 4.69) is 20.9 Å². The zero-order chi connectivity index (χ0) is 20.4. The fourth-order valence-electron chi connectivity index (χ4n) is 2.51. The van der Waals surface area contributed by atoms with E-state index in [1.807, 2.05) is 17.5 Å². The maximum atomic E-state index is 13.2. The Morgan fingerprint density at radius 3 is 2.45 bits per heavy atom. The van der Waals surface area contributed by atoms with Crippen molar-refractivity contribution >= 4 is 48.9 Å². The Morgan fingerprint density at radius 1 is 1.07 bits per heavy atom. The van der Waals surface area contributed by atoms with Crippen LogP contribution in [0.1, 0.15) is 5.56 Å². The SMILES string of the molecule is O=S(=O)(c1ccc(Br)cc1)c1nc(-c2cccs2)oc1SCc1ccc(F)cc1. The minimum atomic E-state index is -3.87. The van der Waals surface area contributed by atoms with E-state index >= 15 is 0 Å². The molecular weight excluding hydrogens is 497 g/mol. The number of rotatable bonds is 6. The number of nitrogens with zero attached hydrogens (tertiary/aromatic N) is 1. The number of halogens is 2. The average molecular weight is 510 g/mol. The zero-order valence-corrected chi connectivity index (χ0v) is 18.7. The van der Waals surface area contributed by atoms with Gasteiger partial charge in [0, 0.05) is 10.2 Å². The molecule has 0 atom stereocenters. The van der Waals surface area contributed by atoms with Crippen LogP contribution in [-0.4, -0.2) is 13.4 Å². The summed E-state index contributed by atoms with van der Waals surface area (Å²) in [5, 5.41) is 1.96. The highest BCUT2D eigenvalue weighted by Gasteiger charge is 2.29. The van der Waals surface area contributed by atoms with Gasteiger partial charge in [0.25, 0.3) is 0 Å². The predicted octanol–water partition coefficient (Wildman–Crippen LogP) is 6.43. The van der Waals surface area contributed by atoms with Gasteiger partial charge in [0.05, 0.1) is 9.77 Å². The van der Waals surface area contributed by atoms with Crippen LogP contribution in [0, 0.1) is 5.82 Å². The molecule has 0 saturated heterocycles. The van der Waals surface area contributed by atoms with E-state index in [0.717, 1.165) is 14.9 Å². The third kappa shape index (κ3) is 4.48. The van der Waals surface area contributed by atoms with Gasteiger partial charge >= 0.3 is 0 Å². The Kier molecular flexibility index (Phi) is 5.91. The number of thiophene rings is 1. The average Bonchev–Trinajstić information content (AvgIpc) is 3.38.